The predicted octanol–water partition coefficient (Wildman–Crippen LogP) is 1.65. The average molecular weight is 355 g/mol. The van der Waals surface area contributed by atoms with E-state index in [9.17, 15) is 14.7 Å². The van der Waals surface area contributed by atoms with Crippen molar-refractivity contribution in [2.45, 2.75) is 13.3 Å². The second-order valence-electron chi connectivity index (χ2n) is 7.20. The van der Waals surface area contributed by atoms with Crippen molar-refractivity contribution in [3.8, 4) is 5.69 Å². The molecule has 2 aliphatic rings. The van der Waals surface area contributed by atoms with Gasteiger partial charge in [-0.15, -0.1) is 0 Å². The Bertz CT molecular complexity index is 821. The molecular formula is C18H21N5O3. The minimum absolute atomic E-state index is 0.0422. The molecule has 1 aromatic heterocycles. The number of fused-ring (bicyclic) bond motifs is 2. The quantitative estimate of drug-likeness (QED) is 0.884. The fraction of sp³-hybridized carbons (Fsp3) is 0.444. The standard InChI is InChI=1S/C18H21N5O3/c1-12-2-3-16(23-19-4-5-20-23)15(6-12)17(24)21-8-13-7-14(9-21)11-22(10-13)18(25)26/h2-6,13-14H,7-11H2,1H3,(H,25,26). The van der Waals surface area contributed by atoms with Crippen LogP contribution in [0.15, 0.2) is 30.6 Å². The molecule has 2 unspecified atom stereocenters. The van der Waals surface area contributed by atoms with Gasteiger partial charge in [-0.2, -0.15) is 15.0 Å². The highest BCUT2D eigenvalue weighted by Gasteiger charge is 2.38. The summed E-state index contributed by atoms with van der Waals surface area (Å²) < 4.78 is 0. The maximum absolute atomic E-state index is 13.2. The molecule has 2 atom stereocenters. The van der Waals surface area contributed by atoms with Crippen molar-refractivity contribution in [2.75, 3.05) is 26.2 Å². The number of amides is 2. The summed E-state index contributed by atoms with van der Waals surface area (Å²) >= 11 is 0. The fourth-order valence-corrected chi connectivity index (χ4v) is 4.11. The first-order chi connectivity index (χ1) is 12.5. The molecule has 1 aromatic carbocycles. The summed E-state index contributed by atoms with van der Waals surface area (Å²) in [6.07, 6.45) is 3.28. The van der Waals surface area contributed by atoms with E-state index in [4.69, 9.17) is 0 Å². The van der Waals surface area contributed by atoms with Gasteiger partial charge in [0, 0.05) is 26.2 Å². The Morgan fingerprint density at radius 3 is 2.27 bits per heavy atom. The molecule has 0 radical (unpaired) electrons. The smallest absolute Gasteiger partial charge is 0.407 e. The van der Waals surface area contributed by atoms with Crippen LogP contribution in [-0.2, 0) is 0 Å². The van der Waals surface area contributed by atoms with E-state index in [-0.39, 0.29) is 17.7 Å². The van der Waals surface area contributed by atoms with Crippen LogP contribution in [0.25, 0.3) is 5.69 Å². The molecule has 0 spiro atoms. The number of hydrogen-bond acceptors (Lipinski definition) is 4. The number of rotatable bonds is 2. The van der Waals surface area contributed by atoms with E-state index in [2.05, 4.69) is 10.2 Å². The molecule has 3 heterocycles. The van der Waals surface area contributed by atoms with E-state index < -0.39 is 6.09 Å². The van der Waals surface area contributed by atoms with Crippen molar-refractivity contribution >= 4 is 12.0 Å². The molecule has 1 N–H and O–H groups in total. The van der Waals surface area contributed by atoms with Gasteiger partial charge in [0.15, 0.2) is 0 Å². The Hall–Kier alpha value is -2.90. The minimum atomic E-state index is -0.870. The summed E-state index contributed by atoms with van der Waals surface area (Å²) in [5.74, 6) is 0.344. The van der Waals surface area contributed by atoms with Gasteiger partial charge in [0.05, 0.1) is 23.6 Å². The third kappa shape index (κ3) is 3.02. The number of hydrogen-bond donors (Lipinski definition) is 1. The largest absolute Gasteiger partial charge is 0.465 e. The van der Waals surface area contributed by atoms with E-state index in [1.54, 1.807) is 12.4 Å². The molecule has 0 aliphatic carbocycles. The van der Waals surface area contributed by atoms with Gasteiger partial charge in [0.2, 0.25) is 0 Å². The van der Waals surface area contributed by atoms with Crippen molar-refractivity contribution in [2.24, 2.45) is 11.8 Å². The Labute approximate surface area is 151 Å². The summed E-state index contributed by atoms with van der Waals surface area (Å²) in [5, 5.41) is 17.6. The van der Waals surface area contributed by atoms with Gasteiger partial charge in [-0.3, -0.25) is 4.79 Å². The Balaban J connectivity index is 1.60. The molecule has 2 fully saturated rings. The van der Waals surface area contributed by atoms with Gasteiger partial charge in [-0.25, -0.2) is 4.79 Å². The van der Waals surface area contributed by atoms with Crippen LogP contribution in [0, 0.1) is 18.8 Å². The second-order valence-corrected chi connectivity index (χ2v) is 7.20. The fourth-order valence-electron chi connectivity index (χ4n) is 4.11. The lowest BCUT2D eigenvalue weighted by Crippen LogP contribution is -2.55. The van der Waals surface area contributed by atoms with Gasteiger partial charge >= 0.3 is 6.09 Å². The maximum atomic E-state index is 13.2. The second kappa shape index (κ2) is 6.44. The van der Waals surface area contributed by atoms with Gasteiger partial charge < -0.3 is 14.9 Å². The molecule has 26 heavy (non-hydrogen) atoms. The number of carboxylic acid groups (broad SMARTS) is 1. The topological polar surface area (TPSA) is 91.6 Å². The summed E-state index contributed by atoms with van der Waals surface area (Å²) in [4.78, 5) is 29.3. The van der Waals surface area contributed by atoms with Crippen LogP contribution in [0.3, 0.4) is 0 Å². The lowest BCUT2D eigenvalue weighted by molar-refractivity contribution is 0.0285. The van der Waals surface area contributed by atoms with E-state index >= 15 is 0 Å². The SMILES string of the molecule is Cc1ccc(-n2nccn2)c(C(=O)N2CC3CC(CN(C(=O)O)C3)C2)c1. The minimum Gasteiger partial charge on any atom is -0.465 e. The van der Waals surface area contributed by atoms with Gasteiger partial charge in [-0.05, 0) is 37.3 Å². The maximum Gasteiger partial charge on any atom is 0.407 e. The predicted molar refractivity (Wildman–Crippen MR) is 93.2 cm³/mol. The first kappa shape index (κ1) is 16.6. The van der Waals surface area contributed by atoms with E-state index in [0.717, 1.165) is 12.0 Å². The van der Waals surface area contributed by atoms with Crippen molar-refractivity contribution in [3.05, 3.63) is 41.7 Å². The number of nitrogens with zero attached hydrogens (tertiary/aromatic N) is 5. The normalized spacial score (nSPS) is 22.3. The van der Waals surface area contributed by atoms with Crippen molar-refractivity contribution in [1.82, 2.24) is 24.8 Å². The van der Waals surface area contributed by atoms with E-state index in [1.807, 2.05) is 30.0 Å². The van der Waals surface area contributed by atoms with Crippen LogP contribution < -0.4 is 0 Å². The monoisotopic (exact) mass is 355 g/mol. The molecule has 2 bridgehead atoms. The zero-order valence-corrected chi connectivity index (χ0v) is 14.6. The lowest BCUT2D eigenvalue weighted by Gasteiger charge is -2.45. The van der Waals surface area contributed by atoms with E-state index in [1.165, 1.54) is 9.70 Å². The van der Waals surface area contributed by atoms with Crippen LogP contribution >= 0.6 is 0 Å². The van der Waals surface area contributed by atoms with Crippen LogP contribution in [0.2, 0.25) is 0 Å². The van der Waals surface area contributed by atoms with Crippen molar-refractivity contribution in [1.29, 1.82) is 0 Å². The van der Waals surface area contributed by atoms with E-state index in [0.29, 0.717) is 37.4 Å². The number of likely N-dealkylation sites (tertiary alicyclic amines) is 2. The summed E-state index contributed by atoms with van der Waals surface area (Å²) in [6, 6.07) is 5.67. The number of aromatic nitrogens is 3. The Morgan fingerprint density at radius 1 is 1.04 bits per heavy atom. The lowest BCUT2D eigenvalue weighted by atomic mass is 9.84. The van der Waals surface area contributed by atoms with Crippen LogP contribution in [0.4, 0.5) is 4.79 Å². The van der Waals surface area contributed by atoms with Crippen LogP contribution in [0.5, 0.6) is 0 Å². The van der Waals surface area contributed by atoms with Gasteiger partial charge in [-0.1, -0.05) is 11.6 Å². The third-order valence-corrected chi connectivity index (χ3v) is 5.16. The summed E-state index contributed by atoms with van der Waals surface area (Å²) in [7, 11) is 0. The highest BCUT2D eigenvalue weighted by atomic mass is 16.4. The first-order valence-corrected chi connectivity index (χ1v) is 8.75. The number of piperidine rings is 2. The van der Waals surface area contributed by atoms with Crippen molar-refractivity contribution in [3.63, 3.8) is 0 Å². The summed E-state index contributed by atoms with van der Waals surface area (Å²) in [5.41, 5.74) is 2.24. The number of carbonyl (C=O) groups excluding carboxylic acids is 1. The highest BCUT2D eigenvalue weighted by molar-refractivity contribution is 5.98. The molecule has 8 heteroatoms. The number of carbonyl (C=O) groups is 2. The molecule has 4 rings (SSSR count). The molecule has 2 aromatic rings. The zero-order chi connectivity index (χ0) is 18.3. The Kier molecular flexibility index (Phi) is 4.10. The first-order valence-electron chi connectivity index (χ1n) is 8.75. The van der Waals surface area contributed by atoms with Gasteiger partial charge in [0.1, 0.15) is 0 Å². The molecule has 2 amide bonds. The Morgan fingerprint density at radius 2 is 1.65 bits per heavy atom. The van der Waals surface area contributed by atoms with Gasteiger partial charge in [0.25, 0.3) is 5.91 Å². The van der Waals surface area contributed by atoms with Crippen molar-refractivity contribution < 1.29 is 14.7 Å². The van der Waals surface area contributed by atoms with Crippen LogP contribution in [-0.4, -0.2) is 68.1 Å². The molecule has 2 aliphatic heterocycles. The highest BCUT2D eigenvalue weighted by Crippen LogP contribution is 2.30. The third-order valence-electron chi connectivity index (χ3n) is 5.16. The molecule has 0 saturated carbocycles. The zero-order valence-electron chi connectivity index (χ0n) is 14.6. The summed E-state index contributed by atoms with van der Waals surface area (Å²) in [6.45, 7) is 4.11. The average Bonchev–Trinajstić information content (AvgIpc) is 3.14. The molecular weight excluding hydrogens is 334 g/mol. The van der Waals surface area contributed by atoms with Crippen LogP contribution in [0.1, 0.15) is 22.3 Å². The number of aryl methyl sites for hydroxylation is 1. The molecule has 2 saturated heterocycles. The molecule has 8 nitrogen and oxygen atoms in total. The number of benzene rings is 1. The molecule has 136 valence electrons.